The molecule has 0 radical (unpaired) electrons. The first kappa shape index (κ1) is 24.8. The summed E-state index contributed by atoms with van der Waals surface area (Å²) in [5, 5.41) is 3.68. The number of carbonyl (C=O) groups excluding carboxylic acids is 2. The molecule has 2 aromatic rings. The molecule has 2 aromatic carbocycles. The van der Waals surface area contributed by atoms with Gasteiger partial charge in [-0.25, -0.2) is 0 Å². The molecule has 0 bridgehead atoms. The number of nitrogens with one attached hydrogen (secondary N) is 1. The van der Waals surface area contributed by atoms with Crippen molar-refractivity contribution in [2.45, 2.75) is 51.6 Å². The largest absolute Gasteiger partial charge is 0.352 e. The molecule has 0 aliphatic carbocycles. The monoisotopic (exact) mass is 510 g/mol. The Kier molecular flexibility index (Phi) is 10.2. The van der Waals surface area contributed by atoms with Crippen LogP contribution in [0.3, 0.4) is 0 Å². The number of thioether (sulfide) groups is 1. The number of carbonyl (C=O) groups is 2. The number of amides is 2. The number of hydrogen-bond acceptors (Lipinski definition) is 3. The van der Waals surface area contributed by atoms with E-state index in [1.54, 1.807) is 11.8 Å². The molecule has 0 aromatic heterocycles. The second-order valence-electron chi connectivity index (χ2n) is 7.26. The third-order valence-corrected chi connectivity index (χ3v) is 6.61. The van der Waals surface area contributed by atoms with Gasteiger partial charge in [0.05, 0.1) is 5.75 Å². The lowest BCUT2D eigenvalue weighted by molar-refractivity contribution is -0.138. The van der Waals surface area contributed by atoms with E-state index >= 15 is 0 Å². The van der Waals surface area contributed by atoms with E-state index in [2.05, 4.69) is 21.2 Å². The summed E-state index contributed by atoms with van der Waals surface area (Å²) < 4.78 is 0.977. The van der Waals surface area contributed by atoms with Crippen molar-refractivity contribution in [3.63, 3.8) is 0 Å². The Balaban J connectivity index is 2.06. The molecule has 0 saturated heterocycles. The zero-order valence-electron chi connectivity index (χ0n) is 17.5. The van der Waals surface area contributed by atoms with Crippen molar-refractivity contribution >= 4 is 51.1 Å². The second-order valence-corrected chi connectivity index (χ2v) is 9.60. The minimum absolute atomic E-state index is 0.0521. The van der Waals surface area contributed by atoms with Crippen LogP contribution in [0.15, 0.2) is 53.0 Å². The minimum Gasteiger partial charge on any atom is -0.352 e. The van der Waals surface area contributed by atoms with Crippen LogP contribution in [0.25, 0.3) is 0 Å². The van der Waals surface area contributed by atoms with E-state index in [0.29, 0.717) is 23.1 Å². The molecule has 30 heavy (non-hydrogen) atoms. The third kappa shape index (κ3) is 7.97. The smallest absolute Gasteiger partial charge is 0.242 e. The highest BCUT2D eigenvalue weighted by Crippen LogP contribution is 2.18. The zero-order chi connectivity index (χ0) is 22.1. The Morgan fingerprint density at radius 2 is 1.67 bits per heavy atom. The van der Waals surface area contributed by atoms with Gasteiger partial charge in [0.2, 0.25) is 11.8 Å². The first-order chi connectivity index (χ1) is 14.3. The molecular weight excluding hydrogens is 484 g/mol. The molecule has 162 valence electrons. The molecule has 2 rings (SSSR count). The molecule has 0 heterocycles. The normalized spacial score (nSPS) is 12.8. The minimum atomic E-state index is -0.550. The molecule has 7 heteroatoms. The molecule has 2 atom stereocenters. The van der Waals surface area contributed by atoms with Crippen molar-refractivity contribution < 1.29 is 9.59 Å². The average Bonchev–Trinajstić information content (AvgIpc) is 2.74. The summed E-state index contributed by atoms with van der Waals surface area (Å²) in [6, 6.07) is 14.9. The molecule has 0 saturated carbocycles. The number of hydrogen-bond donors (Lipinski definition) is 1. The van der Waals surface area contributed by atoms with E-state index < -0.39 is 6.04 Å². The Hall–Kier alpha value is -1.50. The maximum atomic E-state index is 13.1. The summed E-state index contributed by atoms with van der Waals surface area (Å²) in [5.74, 6) is 0.837. The van der Waals surface area contributed by atoms with Gasteiger partial charge in [0.15, 0.2) is 0 Å². The Morgan fingerprint density at radius 1 is 1.07 bits per heavy atom. The van der Waals surface area contributed by atoms with Crippen LogP contribution in [0.5, 0.6) is 0 Å². The lowest BCUT2D eigenvalue weighted by atomic mass is 10.1. The lowest BCUT2D eigenvalue weighted by Crippen LogP contribution is -2.50. The molecule has 0 aliphatic rings. The van der Waals surface area contributed by atoms with Crippen molar-refractivity contribution in [1.82, 2.24) is 10.2 Å². The summed E-state index contributed by atoms with van der Waals surface area (Å²) in [4.78, 5) is 27.4. The van der Waals surface area contributed by atoms with Crippen molar-refractivity contribution in [2.24, 2.45) is 0 Å². The van der Waals surface area contributed by atoms with Gasteiger partial charge in [-0.2, -0.15) is 0 Å². The summed E-state index contributed by atoms with van der Waals surface area (Å²) in [6.07, 6.45) is 0.843. The van der Waals surface area contributed by atoms with Crippen molar-refractivity contribution in [3.8, 4) is 0 Å². The summed E-state index contributed by atoms with van der Waals surface area (Å²) in [7, 11) is 0. The van der Waals surface area contributed by atoms with E-state index in [-0.39, 0.29) is 17.9 Å². The van der Waals surface area contributed by atoms with E-state index in [1.807, 2.05) is 62.4 Å². The van der Waals surface area contributed by atoms with E-state index in [4.69, 9.17) is 11.6 Å². The quantitative estimate of drug-likeness (QED) is 0.447. The van der Waals surface area contributed by atoms with Crippen LogP contribution in [0.2, 0.25) is 5.02 Å². The predicted octanol–water partition coefficient (Wildman–Crippen LogP) is 5.67. The Morgan fingerprint density at radius 3 is 2.27 bits per heavy atom. The standard InChI is InChI=1S/C23H28BrClN2O2S/c1-4-16(2)26-23(29)17(3)27(13-18-5-9-20(24)10-6-18)22(28)15-30-14-19-7-11-21(25)12-8-19/h5-12,16-17H,4,13-15H2,1-3H3,(H,26,29). The van der Waals surface area contributed by atoms with E-state index in [0.717, 1.165) is 22.0 Å². The predicted molar refractivity (Wildman–Crippen MR) is 130 cm³/mol. The zero-order valence-corrected chi connectivity index (χ0v) is 20.7. The topological polar surface area (TPSA) is 49.4 Å². The van der Waals surface area contributed by atoms with Gasteiger partial charge in [-0.05, 0) is 55.7 Å². The van der Waals surface area contributed by atoms with Crippen LogP contribution in [0.1, 0.15) is 38.3 Å². The van der Waals surface area contributed by atoms with Crippen LogP contribution < -0.4 is 5.32 Å². The van der Waals surface area contributed by atoms with Gasteiger partial charge in [0.1, 0.15) is 6.04 Å². The fourth-order valence-electron chi connectivity index (χ4n) is 2.75. The first-order valence-corrected chi connectivity index (χ1v) is 12.3. The summed E-state index contributed by atoms with van der Waals surface area (Å²) >= 11 is 10.9. The SMILES string of the molecule is CCC(C)NC(=O)C(C)N(Cc1ccc(Br)cc1)C(=O)CSCc1ccc(Cl)cc1. The van der Waals surface area contributed by atoms with Crippen molar-refractivity contribution in [1.29, 1.82) is 0 Å². The summed E-state index contributed by atoms with van der Waals surface area (Å²) in [6.45, 7) is 6.17. The highest BCUT2D eigenvalue weighted by molar-refractivity contribution is 9.10. The van der Waals surface area contributed by atoms with Gasteiger partial charge in [-0.15, -0.1) is 11.8 Å². The number of benzene rings is 2. The maximum Gasteiger partial charge on any atom is 0.242 e. The maximum absolute atomic E-state index is 13.1. The summed E-state index contributed by atoms with van der Waals surface area (Å²) in [5.41, 5.74) is 2.09. The Labute approximate surface area is 196 Å². The Bertz CT molecular complexity index is 830. The number of nitrogens with zero attached hydrogens (tertiary/aromatic N) is 1. The number of halogens is 2. The van der Waals surface area contributed by atoms with E-state index in [9.17, 15) is 9.59 Å². The van der Waals surface area contributed by atoms with Crippen molar-refractivity contribution in [3.05, 3.63) is 69.2 Å². The van der Waals surface area contributed by atoms with E-state index in [1.165, 1.54) is 11.8 Å². The third-order valence-electron chi connectivity index (χ3n) is 4.84. The number of rotatable bonds is 10. The first-order valence-electron chi connectivity index (χ1n) is 9.96. The van der Waals surface area contributed by atoms with Crippen LogP contribution in [-0.2, 0) is 21.9 Å². The molecule has 0 fully saturated rings. The molecule has 0 spiro atoms. The van der Waals surface area contributed by atoms with Gasteiger partial charge in [0.25, 0.3) is 0 Å². The molecule has 2 unspecified atom stereocenters. The average molecular weight is 512 g/mol. The highest BCUT2D eigenvalue weighted by atomic mass is 79.9. The van der Waals surface area contributed by atoms with Gasteiger partial charge in [0, 0.05) is 27.8 Å². The van der Waals surface area contributed by atoms with Gasteiger partial charge in [-0.1, -0.05) is 58.7 Å². The van der Waals surface area contributed by atoms with Gasteiger partial charge < -0.3 is 10.2 Å². The fraction of sp³-hybridized carbons (Fsp3) is 0.391. The molecule has 4 nitrogen and oxygen atoms in total. The lowest BCUT2D eigenvalue weighted by Gasteiger charge is -2.29. The van der Waals surface area contributed by atoms with Gasteiger partial charge >= 0.3 is 0 Å². The van der Waals surface area contributed by atoms with Crippen LogP contribution in [0, 0.1) is 0 Å². The molecule has 0 aliphatic heterocycles. The van der Waals surface area contributed by atoms with Crippen LogP contribution in [-0.4, -0.2) is 34.6 Å². The van der Waals surface area contributed by atoms with Crippen molar-refractivity contribution in [2.75, 3.05) is 5.75 Å². The molecule has 2 amide bonds. The molecular formula is C23H28BrClN2O2S. The fourth-order valence-corrected chi connectivity index (χ4v) is 4.02. The van der Waals surface area contributed by atoms with Gasteiger partial charge in [-0.3, -0.25) is 9.59 Å². The molecule has 1 N–H and O–H groups in total. The van der Waals surface area contributed by atoms with Crippen LogP contribution in [0.4, 0.5) is 0 Å². The van der Waals surface area contributed by atoms with Crippen LogP contribution >= 0.6 is 39.3 Å². The highest BCUT2D eigenvalue weighted by Gasteiger charge is 2.26. The second kappa shape index (κ2) is 12.4.